The number of phenols is 1. The highest BCUT2D eigenvalue weighted by atomic mass is 19.1. The Hall–Kier alpha value is -2.27. The van der Waals surface area contributed by atoms with Crippen LogP contribution < -0.4 is 14.8 Å². The zero-order valence-electron chi connectivity index (χ0n) is 11.6. The molecule has 2 aromatic rings. The quantitative estimate of drug-likeness (QED) is 0.908. The molecule has 0 amide bonds. The average molecular weight is 289 g/mol. The molecule has 1 atom stereocenters. The molecule has 0 saturated carbocycles. The molecular weight excluding hydrogens is 273 g/mol. The fourth-order valence-corrected chi connectivity index (χ4v) is 2.27. The standard InChI is InChI=1S/C16H16FNO3/c1-10(11-3-2-4-13(17)5-11)18-8-12-6-15-16(7-14(12)19)21-9-20-15/h2-7,10,18-19H,8-9H2,1H3/t10-/m0/s1. The Bertz CT molecular complexity index is 660. The van der Waals surface area contributed by atoms with Gasteiger partial charge in [0.1, 0.15) is 11.6 Å². The van der Waals surface area contributed by atoms with Gasteiger partial charge in [0.25, 0.3) is 0 Å². The van der Waals surface area contributed by atoms with Crippen LogP contribution in [-0.4, -0.2) is 11.9 Å². The van der Waals surface area contributed by atoms with E-state index in [1.54, 1.807) is 18.2 Å². The first-order chi connectivity index (χ1) is 10.1. The molecule has 1 heterocycles. The number of ether oxygens (including phenoxy) is 2. The highest BCUT2D eigenvalue weighted by Crippen LogP contribution is 2.37. The lowest BCUT2D eigenvalue weighted by atomic mass is 10.1. The molecule has 0 bridgehead atoms. The van der Waals surface area contributed by atoms with Gasteiger partial charge in [-0.15, -0.1) is 0 Å². The molecular formula is C16H16FNO3. The first-order valence-electron chi connectivity index (χ1n) is 6.74. The predicted octanol–water partition coefficient (Wildman–Crippen LogP) is 3.11. The van der Waals surface area contributed by atoms with E-state index in [2.05, 4.69) is 5.32 Å². The number of hydrogen-bond donors (Lipinski definition) is 2. The van der Waals surface area contributed by atoms with Crippen molar-refractivity contribution in [2.45, 2.75) is 19.5 Å². The highest BCUT2D eigenvalue weighted by molar-refractivity contribution is 5.51. The van der Waals surface area contributed by atoms with Gasteiger partial charge in [0, 0.05) is 24.2 Å². The summed E-state index contributed by atoms with van der Waals surface area (Å²) < 4.78 is 23.7. The summed E-state index contributed by atoms with van der Waals surface area (Å²) in [7, 11) is 0. The molecule has 0 aliphatic carbocycles. The lowest BCUT2D eigenvalue weighted by Gasteiger charge is -2.15. The van der Waals surface area contributed by atoms with Crippen molar-refractivity contribution in [3.8, 4) is 17.2 Å². The zero-order valence-corrected chi connectivity index (χ0v) is 11.6. The SMILES string of the molecule is C[C@H](NCc1cc2c(cc1O)OCO2)c1cccc(F)c1. The maximum Gasteiger partial charge on any atom is 0.231 e. The highest BCUT2D eigenvalue weighted by Gasteiger charge is 2.17. The van der Waals surface area contributed by atoms with Crippen LogP contribution >= 0.6 is 0 Å². The first-order valence-corrected chi connectivity index (χ1v) is 6.74. The minimum Gasteiger partial charge on any atom is -0.507 e. The van der Waals surface area contributed by atoms with Crippen molar-refractivity contribution in [2.24, 2.45) is 0 Å². The Balaban J connectivity index is 1.70. The van der Waals surface area contributed by atoms with Gasteiger partial charge in [0.15, 0.2) is 11.5 Å². The molecule has 2 N–H and O–H groups in total. The third-order valence-corrected chi connectivity index (χ3v) is 3.52. The van der Waals surface area contributed by atoms with Gasteiger partial charge >= 0.3 is 0 Å². The molecule has 0 unspecified atom stereocenters. The third-order valence-electron chi connectivity index (χ3n) is 3.52. The maximum absolute atomic E-state index is 13.2. The van der Waals surface area contributed by atoms with Crippen molar-refractivity contribution in [2.75, 3.05) is 6.79 Å². The first kappa shape index (κ1) is 13.7. The molecule has 0 spiro atoms. The van der Waals surface area contributed by atoms with E-state index in [9.17, 15) is 9.50 Å². The topological polar surface area (TPSA) is 50.7 Å². The summed E-state index contributed by atoms with van der Waals surface area (Å²) in [5.41, 5.74) is 1.57. The van der Waals surface area contributed by atoms with Gasteiger partial charge in [-0.05, 0) is 30.7 Å². The van der Waals surface area contributed by atoms with Gasteiger partial charge in [-0.1, -0.05) is 12.1 Å². The number of fused-ring (bicyclic) bond motifs is 1. The van der Waals surface area contributed by atoms with Crippen molar-refractivity contribution in [3.63, 3.8) is 0 Å². The van der Waals surface area contributed by atoms with Crippen LogP contribution in [0, 0.1) is 5.82 Å². The van der Waals surface area contributed by atoms with Gasteiger partial charge in [-0.3, -0.25) is 0 Å². The second-order valence-corrected chi connectivity index (χ2v) is 4.99. The molecule has 1 aliphatic heterocycles. The number of benzene rings is 2. The normalized spacial score (nSPS) is 14.2. The second-order valence-electron chi connectivity index (χ2n) is 4.99. The van der Waals surface area contributed by atoms with E-state index in [1.165, 1.54) is 12.1 Å². The van der Waals surface area contributed by atoms with Crippen LogP contribution in [0.25, 0.3) is 0 Å². The van der Waals surface area contributed by atoms with E-state index >= 15 is 0 Å². The predicted molar refractivity (Wildman–Crippen MR) is 75.9 cm³/mol. The smallest absolute Gasteiger partial charge is 0.231 e. The Morgan fingerprint density at radius 3 is 2.76 bits per heavy atom. The van der Waals surface area contributed by atoms with Gasteiger partial charge in [0.2, 0.25) is 6.79 Å². The van der Waals surface area contributed by atoms with Crippen LogP contribution in [0.2, 0.25) is 0 Å². The summed E-state index contributed by atoms with van der Waals surface area (Å²) in [6.07, 6.45) is 0. The molecule has 5 heteroatoms. The fourth-order valence-electron chi connectivity index (χ4n) is 2.27. The number of hydrogen-bond acceptors (Lipinski definition) is 4. The lowest BCUT2D eigenvalue weighted by molar-refractivity contribution is 0.174. The van der Waals surface area contributed by atoms with Gasteiger partial charge in [-0.25, -0.2) is 4.39 Å². The average Bonchev–Trinajstić information content (AvgIpc) is 2.91. The van der Waals surface area contributed by atoms with Crippen molar-refractivity contribution >= 4 is 0 Å². The molecule has 110 valence electrons. The van der Waals surface area contributed by atoms with E-state index in [4.69, 9.17) is 9.47 Å². The van der Waals surface area contributed by atoms with Crippen LogP contribution in [0.3, 0.4) is 0 Å². The largest absolute Gasteiger partial charge is 0.507 e. The molecule has 0 radical (unpaired) electrons. The van der Waals surface area contributed by atoms with Gasteiger partial charge < -0.3 is 19.9 Å². The van der Waals surface area contributed by atoms with E-state index < -0.39 is 0 Å². The van der Waals surface area contributed by atoms with Crippen LogP contribution in [-0.2, 0) is 6.54 Å². The molecule has 2 aromatic carbocycles. The van der Waals surface area contributed by atoms with Crippen molar-refractivity contribution < 1.29 is 19.0 Å². The summed E-state index contributed by atoms with van der Waals surface area (Å²) in [4.78, 5) is 0. The van der Waals surface area contributed by atoms with Crippen LogP contribution in [0.15, 0.2) is 36.4 Å². The lowest BCUT2D eigenvalue weighted by Crippen LogP contribution is -2.18. The summed E-state index contributed by atoms with van der Waals surface area (Å²) in [5, 5.41) is 13.2. The Morgan fingerprint density at radius 1 is 1.24 bits per heavy atom. The molecule has 0 fully saturated rings. The van der Waals surface area contributed by atoms with Crippen molar-refractivity contribution in [1.29, 1.82) is 0 Å². The fraction of sp³-hybridized carbons (Fsp3) is 0.250. The van der Waals surface area contributed by atoms with E-state index in [1.807, 2.05) is 13.0 Å². The van der Waals surface area contributed by atoms with Crippen molar-refractivity contribution in [3.05, 3.63) is 53.3 Å². The minimum absolute atomic E-state index is 0.0366. The summed E-state index contributed by atoms with van der Waals surface area (Å²) >= 11 is 0. The zero-order chi connectivity index (χ0) is 14.8. The van der Waals surface area contributed by atoms with E-state index in [0.29, 0.717) is 23.6 Å². The van der Waals surface area contributed by atoms with Gasteiger partial charge in [0.05, 0.1) is 0 Å². The summed E-state index contributed by atoms with van der Waals surface area (Å²) in [5.74, 6) is 1.07. The number of phenolic OH excluding ortho intramolecular Hbond substituents is 1. The van der Waals surface area contributed by atoms with E-state index in [-0.39, 0.29) is 24.4 Å². The van der Waals surface area contributed by atoms with E-state index in [0.717, 1.165) is 5.56 Å². The number of halogens is 1. The van der Waals surface area contributed by atoms with Crippen molar-refractivity contribution in [1.82, 2.24) is 5.32 Å². The van der Waals surface area contributed by atoms with Crippen LogP contribution in [0.4, 0.5) is 4.39 Å². The summed E-state index contributed by atoms with van der Waals surface area (Å²) in [6.45, 7) is 2.56. The minimum atomic E-state index is -0.257. The molecule has 0 aromatic heterocycles. The van der Waals surface area contributed by atoms with Crippen LogP contribution in [0.1, 0.15) is 24.1 Å². The molecule has 4 nitrogen and oxygen atoms in total. The number of rotatable bonds is 4. The number of aromatic hydroxyl groups is 1. The van der Waals surface area contributed by atoms with Crippen LogP contribution in [0.5, 0.6) is 17.2 Å². The molecule has 21 heavy (non-hydrogen) atoms. The second kappa shape index (κ2) is 5.61. The molecule has 1 aliphatic rings. The Labute approximate surface area is 122 Å². The summed E-state index contributed by atoms with van der Waals surface area (Å²) in [6, 6.07) is 9.72. The Morgan fingerprint density at radius 2 is 2.00 bits per heavy atom. The van der Waals surface area contributed by atoms with Gasteiger partial charge in [-0.2, -0.15) is 0 Å². The third kappa shape index (κ3) is 2.92. The monoisotopic (exact) mass is 289 g/mol. The Kier molecular flexibility index (Phi) is 3.66. The number of nitrogens with one attached hydrogen (secondary N) is 1. The molecule has 3 rings (SSSR count). The maximum atomic E-state index is 13.2. The molecule has 0 saturated heterocycles.